The zero-order valence-electron chi connectivity index (χ0n) is 18.6. The highest BCUT2D eigenvalue weighted by atomic mass is 19.1. The van der Waals surface area contributed by atoms with Gasteiger partial charge in [0.25, 0.3) is 11.5 Å². The number of aromatic nitrogens is 1. The van der Waals surface area contributed by atoms with Crippen molar-refractivity contribution in [1.29, 1.82) is 0 Å². The minimum atomic E-state index is -0.696. The molecule has 1 atom stereocenters. The summed E-state index contributed by atoms with van der Waals surface area (Å²) >= 11 is 0. The molecule has 180 valence electrons. The SMILES string of the molecule is CC(=O)CC[C@H]1CN(c2ccc(N3CCN(C(=O)c4cccc(=O)n4O)CC3)c(F)c2)C(=O)O1. The smallest absolute Gasteiger partial charge is 0.414 e. The molecule has 2 aliphatic heterocycles. The molecule has 0 radical (unpaired) electrons. The summed E-state index contributed by atoms with van der Waals surface area (Å²) in [6, 6.07) is 8.41. The van der Waals surface area contributed by atoms with Crippen LogP contribution >= 0.6 is 0 Å². The summed E-state index contributed by atoms with van der Waals surface area (Å²) in [6.45, 7) is 2.98. The Balaban J connectivity index is 1.39. The lowest BCUT2D eigenvalue weighted by Gasteiger charge is -2.36. The van der Waals surface area contributed by atoms with E-state index in [0.717, 1.165) is 6.07 Å². The minimum Gasteiger partial charge on any atom is -0.444 e. The first-order valence-corrected chi connectivity index (χ1v) is 11.0. The number of nitrogens with zero attached hydrogens (tertiary/aromatic N) is 4. The number of hydrogen-bond donors (Lipinski definition) is 1. The summed E-state index contributed by atoms with van der Waals surface area (Å²) in [5, 5.41) is 9.81. The standard InChI is InChI=1S/C23H25FN4O6/c1-15(29)5-7-17-14-27(23(32)34-17)16-6-8-19(18(24)13-16)25-9-11-26(12-10-25)22(31)20-3-2-4-21(30)28(20)33/h2-4,6,8,13,17,33H,5,7,9-12,14H2,1H3/t17-/m0/s1. The number of anilines is 2. The molecule has 2 amide bonds. The second kappa shape index (κ2) is 9.54. The van der Waals surface area contributed by atoms with Crippen LogP contribution in [-0.2, 0) is 9.53 Å². The first-order chi connectivity index (χ1) is 16.2. The fraction of sp³-hybridized carbons (Fsp3) is 0.391. The number of ether oxygens (including phenoxy) is 1. The molecule has 2 fully saturated rings. The van der Waals surface area contributed by atoms with E-state index in [0.29, 0.717) is 42.0 Å². The van der Waals surface area contributed by atoms with E-state index in [1.54, 1.807) is 17.0 Å². The molecule has 0 bridgehead atoms. The Morgan fingerprint density at radius 1 is 1.12 bits per heavy atom. The number of ketones is 1. The van der Waals surface area contributed by atoms with Crippen LogP contribution < -0.4 is 15.4 Å². The molecule has 1 aromatic heterocycles. The number of amides is 2. The van der Waals surface area contributed by atoms with Crippen LogP contribution in [0.1, 0.15) is 30.3 Å². The van der Waals surface area contributed by atoms with Crippen molar-refractivity contribution in [2.75, 3.05) is 42.5 Å². The molecular formula is C23H25FN4O6. The summed E-state index contributed by atoms with van der Waals surface area (Å²) in [5.74, 6) is -0.978. The van der Waals surface area contributed by atoms with Crippen LogP contribution in [0.25, 0.3) is 0 Å². The van der Waals surface area contributed by atoms with Crippen molar-refractivity contribution in [2.24, 2.45) is 0 Å². The molecule has 0 spiro atoms. The number of cyclic esters (lactones) is 1. The van der Waals surface area contributed by atoms with Gasteiger partial charge >= 0.3 is 6.09 Å². The third-order valence-corrected chi connectivity index (χ3v) is 5.99. The molecule has 0 aliphatic carbocycles. The number of pyridine rings is 1. The molecule has 0 saturated carbocycles. The number of carbonyl (C=O) groups excluding carboxylic acids is 3. The van der Waals surface area contributed by atoms with Crippen LogP contribution in [-0.4, -0.2) is 71.4 Å². The van der Waals surface area contributed by atoms with Gasteiger partial charge < -0.3 is 24.5 Å². The summed E-state index contributed by atoms with van der Waals surface area (Å²) < 4.78 is 20.6. The topological polar surface area (TPSA) is 112 Å². The van der Waals surface area contributed by atoms with Crippen molar-refractivity contribution in [3.8, 4) is 0 Å². The fourth-order valence-corrected chi connectivity index (χ4v) is 4.12. The van der Waals surface area contributed by atoms with Crippen molar-refractivity contribution in [2.45, 2.75) is 25.9 Å². The van der Waals surface area contributed by atoms with Gasteiger partial charge in [0.15, 0.2) is 0 Å². The van der Waals surface area contributed by atoms with E-state index in [2.05, 4.69) is 0 Å². The van der Waals surface area contributed by atoms with Crippen molar-refractivity contribution >= 4 is 29.2 Å². The van der Waals surface area contributed by atoms with Gasteiger partial charge in [0, 0.05) is 38.7 Å². The Hall–Kier alpha value is -3.89. The number of halogens is 1. The Bertz CT molecular complexity index is 1170. The summed E-state index contributed by atoms with van der Waals surface area (Å²) in [7, 11) is 0. The number of benzene rings is 1. The molecule has 1 N–H and O–H groups in total. The summed E-state index contributed by atoms with van der Waals surface area (Å²) in [6.07, 6.45) is -0.245. The number of rotatable bonds is 6. The quantitative estimate of drug-likeness (QED) is 0.639. The Kier molecular flexibility index (Phi) is 6.53. The Morgan fingerprint density at radius 3 is 2.53 bits per heavy atom. The van der Waals surface area contributed by atoms with Gasteiger partial charge in [0.1, 0.15) is 23.4 Å². The third-order valence-electron chi connectivity index (χ3n) is 5.99. The van der Waals surface area contributed by atoms with Crippen molar-refractivity contribution in [3.05, 3.63) is 58.3 Å². The first-order valence-electron chi connectivity index (χ1n) is 11.0. The van der Waals surface area contributed by atoms with Crippen LogP contribution in [0.3, 0.4) is 0 Å². The van der Waals surface area contributed by atoms with Gasteiger partial charge in [-0.3, -0.25) is 14.5 Å². The molecule has 10 nitrogen and oxygen atoms in total. The first kappa shape index (κ1) is 23.3. The van der Waals surface area contributed by atoms with E-state index in [4.69, 9.17) is 4.74 Å². The molecule has 34 heavy (non-hydrogen) atoms. The Morgan fingerprint density at radius 2 is 1.85 bits per heavy atom. The second-order valence-corrected chi connectivity index (χ2v) is 8.33. The lowest BCUT2D eigenvalue weighted by Crippen LogP contribution is -2.49. The monoisotopic (exact) mass is 472 g/mol. The Labute approximate surface area is 194 Å². The van der Waals surface area contributed by atoms with Crippen LogP contribution in [0, 0.1) is 5.82 Å². The molecule has 11 heteroatoms. The molecule has 3 heterocycles. The van der Waals surface area contributed by atoms with E-state index in [1.165, 1.54) is 34.9 Å². The van der Waals surface area contributed by atoms with Crippen molar-refractivity contribution in [3.63, 3.8) is 0 Å². The number of carbonyl (C=O) groups is 3. The van der Waals surface area contributed by atoms with E-state index < -0.39 is 29.5 Å². The lowest BCUT2D eigenvalue weighted by molar-refractivity contribution is -0.117. The highest BCUT2D eigenvalue weighted by Crippen LogP contribution is 2.29. The van der Waals surface area contributed by atoms with Crippen LogP contribution in [0.2, 0.25) is 0 Å². The molecule has 2 aromatic rings. The third kappa shape index (κ3) is 4.73. The number of hydrogen-bond acceptors (Lipinski definition) is 7. The zero-order chi connectivity index (χ0) is 24.4. The minimum absolute atomic E-state index is 0.0150. The van der Waals surface area contributed by atoms with E-state index in [1.807, 2.05) is 0 Å². The summed E-state index contributed by atoms with van der Waals surface area (Å²) in [5.41, 5.74) is -0.111. The van der Waals surface area contributed by atoms with Gasteiger partial charge in [-0.2, -0.15) is 0 Å². The predicted octanol–water partition coefficient (Wildman–Crippen LogP) is 1.88. The maximum absolute atomic E-state index is 15.0. The van der Waals surface area contributed by atoms with E-state index >= 15 is 0 Å². The van der Waals surface area contributed by atoms with Crippen LogP contribution in [0.4, 0.5) is 20.6 Å². The molecule has 1 aromatic carbocycles. The number of piperazine rings is 1. The van der Waals surface area contributed by atoms with Gasteiger partial charge in [-0.15, -0.1) is 4.73 Å². The highest BCUT2D eigenvalue weighted by Gasteiger charge is 2.33. The normalized spacial score (nSPS) is 18.2. The largest absolute Gasteiger partial charge is 0.444 e. The lowest BCUT2D eigenvalue weighted by atomic mass is 10.1. The molecule has 2 aliphatic rings. The van der Waals surface area contributed by atoms with Gasteiger partial charge in [0.2, 0.25) is 0 Å². The van der Waals surface area contributed by atoms with Crippen molar-refractivity contribution in [1.82, 2.24) is 9.63 Å². The average molecular weight is 472 g/mol. The van der Waals surface area contributed by atoms with Crippen LogP contribution in [0.5, 0.6) is 0 Å². The van der Waals surface area contributed by atoms with E-state index in [-0.39, 0.29) is 31.1 Å². The molecule has 0 unspecified atom stereocenters. The van der Waals surface area contributed by atoms with Gasteiger partial charge in [-0.05, 0) is 37.6 Å². The molecular weight excluding hydrogens is 447 g/mol. The second-order valence-electron chi connectivity index (χ2n) is 8.33. The average Bonchev–Trinajstić information content (AvgIpc) is 3.19. The van der Waals surface area contributed by atoms with Gasteiger partial charge in [-0.25, -0.2) is 9.18 Å². The molecule has 2 saturated heterocycles. The maximum Gasteiger partial charge on any atom is 0.414 e. The van der Waals surface area contributed by atoms with E-state index in [9.17, 15) is 28.8 Å². The van der Waals surface area contributed by atoms with Gasteiger partial charge in [-0.1, -0.05) is 6.07 Å². The predicted molar refractivity (Wildman–Crippen MR) is 120 cm³/mol. The van der Waals surface area contributed by atoms with Gasteiger partial charge in [0.05, 0.1) is 17.9 Å². The maximum atomic E-state index is 15.0. The highest BCUT2D eigenvalue weighted by molar-refractivity contribution is 5.92. The summed E-state index contributed by atoms with van der Waals surface area (Å²) in [4.78, 5) is 52.2. The van der Waals surface area contributed by atoms with Crippen LogP contribution in [0.15, 0.2) is 41.2 Å². The molecule has 4 rings (SSSR count). The fourth-order valence-electron chi connectivity index (χ4n) is 4.12. The van der Waals surface area contributed by atoms with Crippen molar-refractivity contribution < 1.29 is 28.7 Å². The zero-order valence-corrected chi connectivity index (χ0v) is 18.6. The number of Topliss-reactive ketones (excluding diaryl/α,β-unsaturated/α-hetero) is 1.